The van der Waals surface area contributed by atoms with Gasteiger partial charge in [0.25, 0.3) is 0 Å². The molecule has 4 nitrogen and oxygen atoms in total. The zero-order chi connectivity index (χ0) is 11.8. The quantitative estimate of drug-likeness (QED) is 0.744. The van der Waals surface area contributed by atoms with Crippen LogP contribution in [-0.4, -0.2) is 61.2 Å². The fourth-order valence-electron chi connectivity index (χ4n) is 1.54. The van der Waals surface area contributed by atoms with Crippen LogP contribution in [-0.2, 0) is 9.53 Å². The number of amides is 1. The van der Waals surface area contributed by atoms with E-state index in [0.717, 1.165) is 24.6 Å². The van der Waals surface area contributed by atoms with Crippen molar-refractivity contribution in [3.63, 3.8) is 0 Å². The molecule has 1 rings (SSSR count). The molecule has 1 atom stereocenters. The predicted molar refractivity (Wildman–Crippen MR) is 67.9 cm³/mol. The van der Waals surface area contributed by atoms with E-state index in [-0.39, 0.29) is 5.91 Å². The lowest BCUT2D eigenvalue weighted by Crippen LogP contribution is -2.46. The van der Waals surface area contributed by atoms with Gasteiger partial charge in [-0.15, -0.1) is 0 Å². The molecule has 0 radical (unpaired) electrons. The van der Waals surface area contributed by atoms with Gasteiger partial charge < -0.3 is 15.0 Å². The third-order valence-electron chi connectivity index (χ3n) is 2.54. The monoisotopic (exact) mass is 246 g/mol. The van der Waals surface area contributed by atoms with Gasteiger partial charge in [-0.05, 0) is 12.7 Å². The first kappa shape index (κ1) is 13.8. The summed E-state index contributed by atoms with van der Waals surface area (Å²) >= 11 is 1.90. The molecule has 0 aromatic carbocycles. The lowest BCUT2D eigenvalue weighted by atomic mass is 10.3. The smallest absolute Gasteiger partial charge is 0.236 e. The Morgan fingerprint density at radius 2 is 2.19 bits per heavy atom. The molecule has 1 heterocycles. The van der Waals surface area contributed by atoms with Gasteiger partial charge in [0.2, 0.25) is 5.91 Å². The Labute approximate surface area is 102 Å². The fraction of sp³-hybridized carbons (Fsp3) is 0.909. The molecule has 0 saturated carbocycles. The molecule has 1 fully saturated rings. The Kier molecular flexibility index (Phi) is 6.84. The lowest BCUT2D eigenvalue weighted by Gasteiger charge is -2.27. The minimum Gasteiger partial charge on any atom is -0.378 e. The fourth-order valence-corrected chi connectivity index (χ4v) is 2.25. The summed E-state index contributed by atoms with van der Waals surface area (Å²) in [6, 6.07) is 0.398. The van der Waals surface area contributed by atoms with Crippen molar-refractivity contribution in [1.29, 1.82) is 0 Å². The predicted octanol–water partition coefficient (Wildman–Crippen LogP) is 0.576. The SMILES string of the molecule is CCSCC(C)NCC(=O)N1CCOCC1. The second-order valence-electron chi connectivity index (χ2n) is 3.93. The van der Waals surface area contributed by atoms with Crippen molar-refractivity contribution < 1.29 is 9.53 Å². The molecule has 1 unspecified atom stereocenters. The first-order chi connectivity index (χ1) is 7.74. The Bertz CT molecular complexity index is 208. The Morgan fingerprint density at radius 3 is 2.81 bits per heavy atom. The van der Waals surface area contributed by atoms with Crippen LogP contribution in [0.5, 0.6) is 0 Å². The molecule has 0 aromatic rings. The third kappa shape index (κ3) is 5.18. The Hall–Kier alpha value is -0.260. The van der Waals surface area contributed by atoms with Gasteiger partial charge in [0.1, 0.15) is 0 Å². The molecule has 5 heteroatoms. The van der Waals surface area contributed by atoms with Crippen molar-refractivity contribution in [2.75, 3.05) is 44.4 Å². The molecule has 1 aliphatic rings. The van der Waals surface area contributed by atoms with E-state index in [1.807, 2.05) is 16.7 Å². The van der Waals surface area contributed by atoms with Gasteiger partial charge in [-0.3, -0.25) is 4.79 Å². The number of nitrogens with zero attached hydrogens (tertiary/aromatic N) is 1. The molecule has 1 saturated heterocycles. The first-order valence-electron chi connectivity index (χ1n) is 5.90. The topological polar surface area (TPSA) is 41.6 Å². The van der Waals surface area contributed by atoms with E-state index < -0.39 is 0 Å². The largest absolute Gasteiger partial charge is 0.378 e. The van der Waals surface area contributed by atoms with Crippen LogP contribution in [0, 0.1) is 0 Å². The summed E-state index contributed by atoms with van der Waals surface area (Å²) in [5, 5.41) is 3.26. The molecule has 0 aliphatic carbocycles. The number of hydrogen-bond acceptors (Lipinski definition) is 4. The maximum absolute atomic E-state index is 11.8. The normalized spacial score (nSPS) is 18.5. The lowest BCUT2D eigenvalue weighted by molar-refractivity contribution is -0.134. The number of rotatable bonds is 6. The third-order valence-corrected chi connectivity index (χ3v) is 3.68. The van der Waals surface area contributed by atoms with Gasteiger partial charge in [-0.25, -0.2) is 0 Å². The zero-order valence-electron chi connectivity index (χ0n) is 10.2. The van der Waals surface area contributed by atoms with Gasteiger partial charge in [0.05, 0.1) is 19.8 Å². The van der Waals surface area contributed by atoms with E-state index in [1.165, 1.54) is 0 Å². The highest BCUT2D eigenvalue weighted by Gasteiger charge is 2.16. The van der Waals surface area contributed by atoms with E-state index in [2.05, 4.69) is 19.2 Å². The molecular formula is C11H22N2O2S. The minimum atomic E-state index is 0.191. The van der Waals surface area contributed by atoms with Gasteiger partial charge >= 0.3 is 0 Å². The first-order valence-corrected chi connectivity index (χ1v) is 7.06. The van der Waals surface area contributed by atoms with Crippen molar-refractivity contribution in [3.05, 3.63) is 0 Å². The minimum absolute atomic E-state index is 0.191. The van der Waals surface area contributed by atoms with Crippen molar-refractivity contribution in [2.24, 2.45) is 0 Å². The summed E-state index contributed by atoms with van der Waals surface area (Å²) in [6.07, 6.45) is 0. The molecule has 0 aromatic heterocycles. The highest BCUT2D eigenvalue weighted by molar-refractivity contribution is 7.99. The number of carbonyl (C=O) groups is 1. The van der Waals surface area contributed by atoms with Gasteiger partial charge in [-0.1, -0.05) is 6.92 Å². The van der Waals surface area contributed by atoms with Crippen LogP contribution in [0.15, 0.2) is 0 Å². The van der Waals surface area contributed by atoms with Gasteiger partial charge in [0.15, 0.2) is 0 Å². The number of nitrogens with one attached hydrogen (secondary N) is 1. The number of morpholine rings is 1. The second-order valence-corrected chi connectivity index (χ2v) is 5.25. The van der Waals surface area contributed by atoms with Crippen LogP contribution in [0.25, 0.3) is 0 Å². The summed E-state index contributed by atoms with van der Waals surface area (Å²) in [6.45, 7) is 7.54. The second kappa shape index (κ2) is 7.92. The number of thioether (sulfide) groups is 1. The maximum atomic E-state index is 11.8. The standard InChI is InChI=1S/C11H22N2O2S/c1-3-16-9-10(2)12-8-11(14)13-4-6-15-7-5-13/h10,12H,3-9H2,1-2H3. The maximum Gasteiger partial charge on any atom is 0.236 e. The highest BCUT2D eigenvalue weighted by Crippen LogP contribution is 2.01. The zero-order valence-corrected chi connectivity index (χ0v) is 11.0. The van der Waals surface area contributed by atoms with Crippen molar-refractivity contribution in [1.82, 2.24) is 10.2 Å². The summed E-state index contributed by atoms with van der Waals surface area (Å²) < 4.78 is 5.21. The van der Waals surface area contributed by atoms with E-state index in [1.54, 1.807) is 0 Å². The van der Waals surface area contributed by atoms with E-state index in [4.69, 9.17) is 4.74 Å². The average Bonchev–Trinajstić information content (AvgIpc) is 2.34. The van der Waals surface area contributed by atoms with Crippen LogP contribution >= 0.6 is 11.8 Å². The molecule has 1 amide bonds. The molecule has 0 spiro atoms. The highest BCUT2D eigenvalue weighted by atomic mass is 32.2. The average molecular weight is 246 g/mol. The molecular weight excluding hydrogens is 224 g/mol. The van der Waals surface area contributed by atoms with Crippen LogP contribution < -0.4 is 5.32 Å². The molecule has 94 valence electrons. The van der Waals surface area contributed by atoms with E-state index >= 15 is 0 Å². The van der Waals surface area contributed by atoms with Crippen molar-refractivity contribution in [3.8, 4) is 0 Å². The molecule has 1 N–H and O–H groups in total. The molecule has 1 aliphatic heterocycles. The van der Waals surface area contributed by atoms with Gasteiger partial charge in [-0.2, -0.15) is 11.8 Å². The number of ether oxygens (including phenoxy) is 1. The van der Waals surface area contributed by atoms with Crippen molar-refractivity contribution >= 4 is 17.7 Å². The summed E-state index contributed by atoms with van der Waals surface area (Å²) in [4.78, 5) is 13.6. The number of hydrogen-bond donors (Lipinski definition) is 1. The summed E-state index contributed by atoms with van der Waals surface area (Å²) in [7, 11) is 0. The van der Waals surface area contributed by atoms with Gasteiger partial charge in [0, 0.05) is 24.9 Å². The van der Waals surface area contributed by atoms with Crippen LogP contribution in [0.4, 0.5) is 0 Å². The van der Waals surface area contributed by atoms with E-state index in [0.29, 0.717) is 25.8 Å². The molecule has 16 heavy (non-hydrogen) atoms. The summed E-state index contributed by atoms with van der Waals surface area (Å²) in [5.41, 5.74) is 0. The van der Waals surface area contributed by atoms with E-state index in [9.17, 15) is 4.79 Å². The summed E-state index contributed by atoms with van der Waals surface area (Å²) in [5.74, 6) is 2.38. The Morgan fingerprint density at radius 1 is 1.50 bits per heavy atom. The molecule has 0 bridgehead atoms. The van der Waals surface area contributed by atoms with Crippen molar-refractivity contribution in [2.45, 2.75) is 19.9 Å². The number of carbonyl (C=O) groups excluding carboxylic acids is 1. The Balaban J connectivity index is 2.13. The van der Waals surface area contributed by atoms with Crippen LogP contribution in [0.2, 0.25) is 0 Å². The van der Waals surface area contributed by atoms with Crippen LogP contribution in [0.3, 0.4) is 0 Å². The van der Waals surface area contributed by atoms with Crippen LogP contribution in [0.1, 0.15) is 13.8 Å².